The second kappa shape index (κ2) is 8.02. The molecular formula is C13H17ClF2N4O. The van der Waals surface area contributed by atoms with Gasteiger partial charge in [0, 0.05) is 12.1 Å². The summed E-state index contributed by atoms with van der Waals surface area (Å²) < 4.78 is 32.1. The van der Waals surface area contributed by atoms with E-state index in [1.54, 1.807) is 0 Å². The molecule has 21 heavy (non-hydrogen) atoms. The Morgan fingerprint density at radius 3 is 2.43 bits per heavy atom. The Morgan fingerprint density at radius 1 is 1.24 bits per heavy atom. The van der Waals surface area contributed by atoms with Crippen molar-refractivity contribution in [1.29, 1.82) is 0 Å². The number of nitrogens with zero attached hydrogens (tertiary/aromatic N) is 3. The van der Waals surface area contributed by atoms with Crippen molar-refractivity contribution in [2.75, 3.05) is 6.54 Å². The molecular weight excluding hydrogens is 302 g/mol. The minimum Gasteiger partial charge on any atom is -0.338 e. The maximum atomic E-state index is 13.6. The van der Waals surface area contributed by atoms with Crippen LogP contribution in [0.2, 0.25) is 0 Å². The Kier molecular flexibility index (Phi) is 6.67. The lowest BCUT2D eigenvalue weighted by atomic mass is 10.2. The molecule has 2 N–H and O–H groups in total. The lowest BCUT2D eigenvalue weighted by Gasteiger charge is -2.19. The zero-order chi connectivity index (χ0) is 14.5. The summed E-state index contributed by atoms with van der Waals surface area (Å²) in [6.45, 7) is 3.14. The second-order valence-electron chi connectivity index (χ2n) is 4.31. The molecule has 0 saturated heterocycles. The summed E-state index contributed by atoms with van der Waals surface area (Å²) in [5, 5.41) is 3.77. The zero-order valence-electron chi connectivity index (χ0n) is 11.6. The fourth-order valence-corrected chi connectivity index (χ4v) is 1.82. The number of aromatic nitrogens is 2. The first-order valence-corrected chi connectivity index (χ1v) is 6.30. The summed E-state index contributed by atoms with van der Waals surface area (Å²) >= 11 is 0. The van der Waals surface area contributed by atoms with Gasteiger partial charge in [-0.05, 0) is 18.7 Å². The molecule has 1 aromatic carbocycles. The van der Waals surface area contributed by atoms with Gasteiger partial charge in [0.05, 0.1) is 13.1 Å². The number of benzene rings is 1. The molecule has 0 aliphatic rings. The molecule has 0 saturated carbocycles. The van der Waals surface area contributed by atoms with Crippen LogP contribution in [0.1, 0.15) is 24.2 Å². The molecule has 2 rings (SSSR count). The first-order valence-electron chi connectivity index (χ1n) is 6.30. The maximum absolute atomic E-state index is 13.6. The van der Waals surface area contributed by atoms with Crippen LogP contribution in [0, 0.1) is 11.6 Å². The van der Waals surface area contributed by atoms with Gasteiger partial charge >= 0.3 is 0 Å². The van der Waals surface area contributed by atoms with Crippen LogP contribution in [0.15, 0.2) is 22.7 Å². The summed E-state index contributed by atoms with van der Waals surface area (Å²) in [5.74, 6) is -0.324. The van der Waals surface area contributed by atoms with Crippen LogP contribution in [-0.4, -0.2) is 21.6 Å². The lowest BCUT2D eigenvalue weighted by molar-refractivity contribution is 0.251. The molecule has 0 atom stereocenters. The number of rotatable bonds is 6. The summed E-state index contributed by atoms with van der Waals surface area (Å²) in [7, 11) is 0. The van der Waals surface area contributed by atoms with E-state index in [1.165, 1.54) is 18.2 Å². The fourth-order valence-electron chi connectivity index (χ4n) is 1.82. The minimum atomic E-state index is -0.556. The minimum absolute atomic E-state index is 0. The standard InChI is InChI=1S/C13H16F2N4O.ClH/c1-2-19(8-12-17-13(6-16)20-18-12)7-9-10(14)4-3-5-11(9)15;/h3-5H,2,6-8,16H2,1H3;1H. The number of halogens is 3. The average Bonchev–Trinajstić information content (AvgIpc) is 2.89. The first-order chi connectivity index (χ1) is 9.63. The van der Waals surface area contributed by atoms with Gasteiger partial charge in [0.2, 0.25) is 5.89 Å². The Labute approximate surface area is 127 Å². The Bertz CT molecular complexity index is 559. The van der Waals surface area contributed by atoms with E-state index in [0.717, 1.165) is 0 Å². The van der Waals surface area contributed by atoms with E-state index in [2.05, 4.69) is 10.1 Å². The first kappa shape index (κ1) is 17.5. The molecule has 0 fully saturated rings. The molecule has 2 aromatic rings. The monoisotopic (exact) mass is 318 g/mol. The molecule has 8 heteroatoms. The van der Waals surface area contributed by atoms with E-state index in [0.29, 0.717) is 24.8 Å². The highest BCUT2D eigenvalue weighted by atomic mass is 35.5. The molecule has 0 amide bonds. The van der Waals surface area contributed by atoms with Crippen molar-refractivity contribution in [3.8, 4) is 0 Å². The topological polar surface area (TPSA) is 68.2 Å². The van der Waals surface area contributed by atoms with Crippen molar-refractivity contribution >= 4 is 12.4 Å². The molecule has 0 spiro atoms. The second-order valence-corrected chi connectivity index (χ2v) is 4.31. The van der Waals surface area contributed by atoms with Gasteiger partial charge in [-0.2, -0.15) is 4.98 Å². The lowest BCUT2D eigenvalue weighted by Crippen LogP contribution is -2.24. The van der Waals surface area contributed by atoms with Gasteiger partial charge in [0.15, 0.2) is 5.82 Å². The summed E-state index contributed by atoms with van der Waals surface area (Å²) in [6.07, 6.45) is 0. The zero-order valence-corrected chi connectivity index (χ0v) is 12.4. The average molecular weight is 319 g/mol. The predicted molar refractivity (Wildman–Crippen MR) is 75.6 cm³/mol. The molecule has 0 unspecified atom stereocenters. The van der Waals surface area contributed by atoms with Gasteiger partial charge in [0.25, 0.3) is 0 Å². The van der Waals surface area contributed by atoms with E-state index < -0.39 is 11.6 Å². The van der Waals surface area contributed by atoms with Crippen molar-refractivity contribution in [2.24, 2.45) is 5.73 Å². The van der Waals surface area contributed by atoms with Crippen LogP contribution in [0.25, 0.3) is 0 Å². The molecule has 1 aromatic heterocycles. The van der Waals surface area contributed by atoms with E-state index in [4.69, 9.17) is 10.3 Å². The number of hydrogen-bond donors (Lipinski definition) is 1. The Balaban J connectivity index is 0.00000220. The van der Waals surface area contributed by atoms with Crippen molar-refractivity contribution in [1.82, 2.24) is 15.0 Å². The van der Waals surface area contributed by atoms with Gasteiger partial charge in [-0.3, -0.25) is 4.90 Å². The highest BCUT2D eigenvalue weighted by Gasteiger charge is 2.15. The number of hydrogen-bond acceptors (Lipinski definition) is 5. The van der Waals surface area contributed by atoms with E-state index in [1.807, 2.05) is 11.8 Å². The van der Waals surface area contributed by atoms with Crippen LogP contribution < -0.4 is 5.73 Å². The van der Waals surface area contributed by atoms with Crippen LogP contribution in [0.4, 0.5) is 8.78 Å². The smallest absolute Gasteiger partial charge is 0.240 e. The van der Waals surface area contributed by atoms with Gasteiger partial charge in [0.1, 0.15) is 11.6 Å². The van der Waals surface area contributed by atoms with Crippen LogP contribution in [-0.2, 0) is 19.6 Å². The maximum Gasteiger partial charge on any atom is 0.240 e. The van der Waals surface area contributed by atoms with E-state index in [9.17, 15) is 8.78 Å². The fraction of sp³-hybridized carbons (Fsp3) is 0.385. The summed E-state index contributed by atoms with van der Waals surface area (Å²) in [6, 6.07) is 3.83. The van der Waals surface area contributed by atoms with Gasteiger partial charge in [-0.15, -0.1) is 12.4 Å². The molecule has 1 heterocycles. The number of nitrogens with two attached hydrogens (primary N) is 1. The molecule has 0 aliphatic carbocycles. The van der Waals surface area contributed by atoms with Crippen LogP contribution in [0.5, 0.6) is 0 Å². The normalized spacial score (nSPS) is 10.7. The molecule has 116 valence electrons. The largest absolute Gasteiger partial charge is 0.338 e. The third kappa shape index (κ3) is 4.45. The Hall–Kier alpha value is -1.57. The van der Waals surface area contributed by atoms with Gasteiger partial charge in [-0.1, -0.05) is 18.1 Å². The van der Waals surface area contributed by atoms with Crippen molar-refractivity contribution in [2.45, 2.75) is 26.6 Å². The van der Waals surface area contributed by atoms with E-state index in [-0.39, 0.29) is 31.1 Å². The van der Waals surface area contributed by atoms with Crippen LogP contribution >= 0.6 is 12.4 Å². The summed E-state index contributed by atoms with van der Waals surface area (Å²) in [5.41, 5.74) is 5.42. The summed E-state index contributed by atoms with van der Waals surface area (Å²) in [4.78, 5) is 5.88. The highest BCUT2D eigenvalue weighted by molar-refractivity contribution is 5.85. The van der Waals surface area contributed by atoms with Crippen molar-refractivity contribution in [3.63, 3.8) is 0 Å². The molecule has 0 aliphatic heterocycles. The molecule has 5 nitrogen and oxygen atoms in total. The predicted octanol–water partition coefficient (Wildman–Crippen LogP) is 2.25. The van der Waals surface area contributed by atoms with Gasteiger partial charge < -0.3 is 10.3 Å². The molecule has 0 radical (unpaired) electrons. The third-order valence-corrected chi connectivity index (χ3v) is 2.94. The Morgan fingerprint density at radius 2 is 1.90 bits per heavy atom. The highest BCUT2D eigenvalue weighted by Crippen LogP contribution is 2.15. The van der Waals surface area contributed by atoms with Gasteiger partial charge in [-0.25, -0.2) is 8.78 Å². The van der Waals surface area contributed by atoms with E-state index >= 15 is 0 Å². The van der Waals surface area contributed by atoms with Crippen molar-refractivity contribution < 1.29 is 13.3 Å². The van der Waals surface area contributed by atoms with Crippen molar-refractivity contribution in [3.05, 3.63) is 47.1 Å². The van der Waals surface area contributed by atoms with Crippen LogP contribution in [0.3, 0.4) is 0 Å². The SMILES string of the molecule is CCN(Cc1noc(CN)n1)Cc1c(F)cccc1F.Cl. The molecule has 0 bridgehead atoms. The third-order valence-electron chi connectivity index (χ3n) is 2.94. The quantitative estimate of drug-likeness (QED) is 0.884.